The van der Waals surface area contributed by atoms with E-state index in [1.54, 1.807) is 20.8 Å². The molecule has 0 fully saturated rings. The van der Waals surface area contributed by atoms with Crippen molar-refractivity contribution in [3.8, 4) is 0 Å². The highest BCUT2D eigenvalue weighted by Gasteiger charge is 2.26. The van der Waals surface area contributed by atoms with Gasteiger partial charge in [-0.3, -0.25) is 9.59 Å². The third-order valence-electron chi connectivity index (χ3n) is 2.68. The zero-order valence-electron chi connectivity index (χ0n) is 13.3. The normalized spacial score (nSPS) is 13.9. The second-order valence-electron chi connectivity index (χ2n) is 5.36. The first-order chi connectivity index (χ1) is 9.68. The Morgan fingerprint density at radius 2 is 1.76 bits per heavy atom. The van der Waals surface area contributed by atoms with Crippen molar-refractivity contribution in [2.75, 3.05) is 5.75 Å². The maximum atomic E-state index is 11.9. The molecule has 0 aliphatic heterocycles. The zero-order valence-corrected chi connectivity index (χ0v) is 14.2. The van der Waals surface area contributed by atoms with Gasteiger partial charge in [-0.15, -0.1) is 0 Å². The molecular formula is C14H26N2O4S. The molecule has 122 valence electrons. The van der Waals surface area contributed by atoms with E-state index < -0.39 is 18.1 Å². The standard InChI is InChI=1S/C14H26N2O4S/c1-6-11(17)16-10(13(18)20-9(4)5)7-21-14(19)12(15)8(2)3/h8-10,12H,6-7,15H2,1-5H3,(H,16,17)/t10-,12-/m0/s1. The first kappa shape index (κ1) is 19.9. The molecule has 6 nitrogen and oxygen atoms in total. The third-order valence-corrected chi connectivity index (χ3v) is 3.73. The van der Waals surface area contributed by atoms with Crippen molar-refractivity contribution in [2.24, 2.45) is 11.7 Å². The quantitative estimate of drug-likeness (QED) is 0.650. The summed E-state index contributed by atoms with van der Waals surface area (Å²) in [6.45, 7) is 8.85. The Morgan fingerprint density at radius 1 is 1.19 bits per heavy atom. The van der Waals surface area contributed by atoms with Crippen molar-refractivity contribution in [2.45, 2.75) is 59.2 Å². The first-order valence-corrected chi connectivity index (χ1v) is 8.09. The molecule has 0 rings (SSSR count). The summed E-state index contributed by atoms with van der Waals surface area (Å²) >= 11 is 0.949. The number of rotatable bonds is 8. The molecule has 3 N–H and O–H groups in total. The van der Waals surface area contributed by atoms with Gasteiger partial charge in [0.1, 0.15) is 6.04 Å². The number of amides is 1. The molecular weight excluding hydrogens is 292 g/mol. The molecule has 0 saturated heterocycles. The summed E-state index contributed by atoms with van der Waals surface area (Å²) in [6, 6.07) is -1.42. The highest BCUT2D eigenvalue weighted by atomic mass is 32.2. The monoisotopic (exact) mass is 318 g/mol. The van der Waals surface area contributed by atoms with Gasteiger partial charge in [0, 0.05) is 12.2 Å². The number of hydrogen-bond acceptors (Lipinski definition) is 6. The number of carbonyl (C=O) groups is 3. The number of esters is 1. The maximum absolute atomic E-state index is 11.9. The van der Waals surface area contributed by atoms with Crippen LogP contribution in [0.4, 0.5) is 0 Å². The van der Waals surface area contributed by atoms with Crippen LogP contribution in [0.1, 0.15) is 41.0 Å². The van der Waals surface area contributed by atoms with Gasteiger partial charge in [-0.05, 0) is 19.8 Å². The fourth-order valence-electron chi connectivity index (χ4n) is 1.31. The van der Waals surface area contributed by atoms with Crippen LogP contribution in [0, 0.1) is 5.92 Å². The van der Waals surface area contributed by atoms with Crippen LogP contribution in [-0.4, -0.2) is 40.9 Å². The van der Waals surface area contributed by atoms with Crippen LogP contribution < -0.4 is 11.1 Å². The molecule has 0 heterocycles. The van der Waals surface area contributed by atoms with E-state index in [9.17, 15) is 14.4 Å². The van der Waals surface area contributed by atoms with Crippen LogP contribution in [0.25, 0.3) is 0 Å². The molecule has 0 unspecified atom stereocenters. The Bertz CT molecular complexity index is 372. The van der Waals surface area contributed by atoms with Gasteiger partial charge in [0.15, 0.2) is 0 Å². The summed E-state index contributed by atoms with van der Waals surface area (Å²) in [6.07, 6.45) is -0.0209. The molecule has 0 aliphatic carbocycles. The average Bonchev–Trinajstić information content (AvgIpc) is 2.40. The largest absolute Gasteiger partial charge is 0.461 e. The Labute approximate surface area is 130 Å². The van der Waals surface area contributed by atoms with Crippen molar-refractivity contribution in [3.05, 3.63) is 0 Å². The number of nitrogens with one attached hydrogen (secondary N) is 1. The number of carbonyl (C=O) groups excluding carboxylic acids is 3. The van der Waals surface area contributed by atoms with Gasteiger partial charge in [-0.2, -0.15) is 0 Å². The lowest BCUT2D eigenvalue weighted by Crippen LogP contribution is -2.45. The SMILES string of the molecule is CCC(=O)N[C@@H](CSC(=O)[C@@H](N)C(C)C)C(=O)OC(C)C. The summed E-state index contributed by atoms with van der Waals surface area (Å²) in [5.41, 5.74) is 5.76. The second kappa shape index (κ2) is 9.78. The van der Waals surface area contributed by atoms with E-state index in [1.165, 1.54) is 0 Å². The minimum atomic E-state index is -0.840. The second-order valence-corrected chi connectivity index (χ2v) is 6.38. The highest BCUT2D eigenvalue weighted by molar-refractivity contribution is 8.13. The molecule has 1 amide bonds. The van der Waals surface area contributed by atoms with E-state index in [1.807, 2.05) is 13.8 Å². The van der Waals surface area contributed by atoms with Gasteiger partial charge in [0.05, 0.1) is 12.1 Å². The van der Waals surface area contributed by atoms with E-state index in [0.717, 1.165) is 11.8 Å². The fraction of sp³-hybridized carbons (Fsp3) is 0.786. The van der Waals surface area contributed by atoms with Gasteiger partial charge >= 0.3 is 5.97 Å². The highest BCUT2D eigenvalue weighted by Crippen LogP contribution is 2.13. The molecule has 0 radical (unpaired) electrons. The minimum absolute atomic E-state index is 0.0244. The summed E-state index contributed by atoms with van der Waals surface area (Å²) in [5.74, 6) is -0.653. The molecule has 7 heteroatoms. The predicted octanol–water partition coefficient (Wildman–Crippen LogP) is 1.08. The number of thioether (sulfide) groups is 1. The van der Waals surface area contributed by atoms with Crippen LogP contribution in [-0.2, 0) is 19.1 Å². The molecule has 2 atom stereocenters. The topological polar surface area (TPSA) is 98.5 Å². The van der Waals surface area contributed by atoms with Crippen LogP contribution in [0.3, 0.4) is 0 Å². The van der Waals surface area contributed by atoms with Crippen molar-refractivity contribution in [1.29, 1.82) is 0 Å². The summed E-state index contributed by atoms with van der Waals surface area (Å²) in [4.78, 5) is 35.3. The smallest absolute Gasteiger partial charge is 0.329 e. The molecule has 0 aromatic carbocycles. The van der Waals surface area contributed by atoms with E-state index in [-0.39, 0.29) is 35.2 Å². The molecule has 0 saturated carbocycles. The maximum Gasteiger partial charge on any atom is 0.329 e. The Morgan fingerprint density at radius 3 is 2.19 bits per heavy atom. The van der Waals surface area contributed by atoms with Crippen molar-refractivity contribution in [3.63, 3.8) is 0 Å². The third kappa shape index (κ3) is 8.06. The Balaban J connectivity index is 4.64. The van der Waals surface area contributed by atoms with Crippen LogP contribution in [0.2, 0.25) is 0 Å². The van der Waals surface area contributed by atoms with E-state index in [4.69, 9.17) is 10.5 Å². The van der Waals surface area contributed by atoms with Gasteiger partial charge in [-0.1, -0.05) is 32.5 Å². The van der Waals surface area contributed by atoms with Crippen LogP contribution in [0.15, 0.2) is 0 Å². The molecule has 0 aliphatic rings. The first-order valence-electron chi connectivity index (χ1n) is 7.11. The minimum Gasteiger partial charge on any atom is -0.461 e. The molecule has 0 aromatic heterocycles. The van der Waals surface area contributed by atoms with Gasteiger partial charge in [0.2, 0.25) is 11.0 Å². The lowest BCUT2D eigenvalue weighted by molar-refractivity contribution is -0.150. The lowest BCUT2D eigenvalue weighted by atomic mass is 10.1. The number of ether oxygens (including phenoxy) is 1. The van der Waals surface area contributed by atoms with Crippen molar-refractivity contribution < 1.29 is 19.1 Å². The molecule has 0 bridgehead atoms. The van der Waals surface area contributed by atoms with Crippen LogP contribution >= 0.6 is 11.8 Å². The average molecular weight is 318 g/mol. The van der Waals surface area contributed by atoms with Gasteiger partial charge < -0.3 is 15.8 Å². The van der Waals surface area contributed by atoms with Crippen LogP contribution in [0.5, 0.6) is 0 Å². The van der Waals surface area contributed by atoms with E-state index in [2.05, 4.69) is 5.32 Å². The van der Waals surface area contributed by atoms with Gasteiger partial charge in [-0.25, -0.2) is 4.79 Å². The summed E-state index contributed by atoms with van der Waals surface area (Å²) in [7, 11) is 0. The van der Waals surface area contributed by atoms with Crippen molar-refractivity contribution in [1.82, 2.24) is 5.32 Å². The summed E-state index contributed by atoms with van der Waals surface area (Å²) in [5, 5.41) is 2.37. The zero-order chi connectivity index (χ0) is 16.6. The Hall–Kier alpha value is -1.08. The molecule has 0 spiro atoms. The van der Waals surface area contributed by atoms with E-state index in [0.29, 0.717) is 0 Å². The molecule has 21 heavy (non-hydrogen) atoms. The summed E-state index contributed by atoms with van der Waals surface area (Å²) < 4.78 is 5.09. The molecule has 0 aromatic rings. The fourth-order valence-corrected chi connectivity index (χ4v) is 2.33. The number of hydrogen-bond donors (Lipinski definition) is 2. The van der Waals surface area contributed by atoms with Gasteiger partial charge in [0.25, 0.3) is 0 Å². The predicted molar refractivity (Wildman–Crippen MR) is 83.7 cm³/mol. The number of nitrogens with two attached hydrogens (primary N) is 1. The lowest BCUT2D eigenvalue weighted by Gasteiger charge is -2.19. The van der Waals surface area contributed by atoms with E-state index >= 15 is 0 Å². The Kier molecular flexibility index (Phi) is 9.28. The van der Waals surface area contributed by atoms with Crippen molar-refractivity contribution >= 4 is 28.8 Å².